The lowest BCUT2D eigenvalue weighted by Gasteiger charge is -2.63. The fraction of sp³-hybridized carbons (Fsp3) is 0.933. The summed E-state index contributed by atoms with van der Waals surface area (Å²) < 4.78 is 30.8. The van der Waals surface area contributed by atoms with Gasteiger partial charge in [0.25, 0.3) is 0 Å². The first-order valence-corrected chi connectivity index (χ1v) is 17.1. The molecular weight excluding hydrogens is 518 g/mol. The summed E-state index contributed by atoms with van der Waals surface area (Å²) in [6.07, 6.45) is 7.25. The first kappa shape index (κ1) is 30.8. The van der Waals surface area contributed by atoms with E-state index in [1.165, 1.54) is 0 Å². The highest BCUT2D eigenvalue weighted by molar-refractivity contribution is 7.89. The van der Waals surface area contributed by atoms with E-state index in [-0.39, 0.29) is 70.7 Å². The predicted octanol–water partition coefficient (Wildman–Crippen LogP) is 4.04. The monoisotopic (exact) mass is 569 g/mol. The van der Waals surface area contributed by atoms with E-state index in [1.807, 2.05) is 13.8 Å². The molecule has 0 aromatic carbocycles. The largest absolute Gasteiger partial charge is 0.462 e. The number of rotatable bonds is 8. The van der Waals surface area contributed by atoms with Crippen molar-refractivity contribution < 1.29 is 33.0 Å². The van der Waals surface area contributed by atoms with Gasteiger partial charge in [-0.05, 0) is 104 Å². The van der Waals surface area contributed by atoms with Gasteiger partial charge in [-0.1, -0.05) is 34.6 Å². The summed E-state index contributed by atoms with van der Waals surface area (Å²) in [5.74, 6) is 0.469. The molecule has 4 rings (SSSR count). The molecule has 0 bridgehead atoms. The van der Waals surface area contributed by atoms with Crippen LogP contribution in [0.3, 0.4) is 0 Å². The van der Waals surface area contributed by atoms with Gasteiger partial charge in [0.05, 0.1) is 24.4 Å². The summed E-state index contributed by atoms with van der Waals surface area (Å²) >= 11 is 0. The van der Waals surface area contributed by atoms with Gasteiger partial charge < -0.3 is 14.9 Å². The Bertz CT molecular complexity index is 1030. The number of carbonyl (C=O) groups excluding carboxylic acids is 2. The van der Waals surface area contributed by atoms with Crippen molar-refractivity contribution in [2.45, 2.75) is 117 Å². The Kier molecular flexibility index (Phi) is 8.86. The quantitative estimate of drug-likeness (QED) is 0.376. The van der Waals surface area contributed by atoms with Crippen LogP contribution >= 0.6 is 0 Å². The lowest BCUT2D eigenvalue weighted by Crippen LogP contribution is -2.62. The van der Waals surface area contributed by atoms with Crippen molar-refractivity contribution in [2.24, 2.45) is 52.3 Å². The van der Waals surface area contributed by atoms with Crippen molar-refractivity contribution in [1.29, 1.82) is 0 Å². The molecule has 0 aliphatic heterocycles. The molecule has 12 atom stereocenters. The molecule has 0 spiro atoms. The van der Waals surface area contributed by atoms with E-state index in [9.17, 15) is 28.2 Å². The number of hydrogen-bond acceptors (Lipinski definition) is 7. The number of aliphatic hydroxyl groups excluding tert-OH is 2. The lowest BCUT2D eigenvalue weighted by atomic mass is 9.43. The number of amides is 1. The van der Waals surface area contributed by atoms with Gasteiger partial charge in [0.1, 0.15) is 6.10 Å². The summed E-state index contributed by atoms with van der Waals surface area (Å²) in [5, 5.41) is 23.4. The van der Waals surface area contributed by atoms with Gasteiger partial charge in [0.2, 0.25) is 15.9 Å². The maximum Gasteiger partial charge on any atom is 0.308 e. The third-order valence-corrected chi connectivity index (χ3v) is 12.5. The molecule has 0 heterocycles. The highest BCUT2D eigenvalue weighted by Crippen LogP contribution is 2.68. The van der Waals surface area contributed by atoms with Crippen LogP contribution in [0.4, 0.5) is 0 Å². The number of fused-ring (bicyclic) bond motifs is 5. The number of ether oxygens (including phenoxy) is 1. The number of esters is 1. The first-order valence-electron chi connectivity index (χ1n) is 15.2. The highest BCUT2D eigenvalue weighted by Gasteiger charge is 2.65. The molecular formula is C30H51NO7S. The van der Waals surface area contributed by atoms with Crippen LogP contribution in [0, 0.1) is 52.3 Å². The molecule has 4 aliphatic rings. The maximum atomic E-state index is 12.5. The maximum absolute atomic E-state index is 12.5. The van der Waals surface area contributed by atoms with E-state index < -0.39 is 28.1 Å². The first-order chi connectivity index (χ1) is 18.1. The van der Waals surface area contributed by atoms with Crippen LogP contribution in [0.15, 0.2) is 0 Å². The molecule has 224 valence electrons. The molecule has 0 saturated heterocycles. The number of sulfonamides is 1. The Morgan fingerprint density at radius 1 is 1.05 bits per heavy atom. The average Bonchev–Trinajstić information content (AvgIpc) is 3.21. The van der Waals surface area contributed by atoms with Crippen LogP contribution in [-0.4, -0.2) is 55.1 Å². The molecule has 4 saturated carbocycles. The van der Waals surface area contributed by atoms with Gasteiger partial charge in [0, 0.05) is 6.42 Å². The van der Waals surface area contributed by atoms with Crippen molar-refractivity contribution in [3.8, 4) is 0 Å². The summed E-state index contributed by atoms with van der Waals surface area (Å²) in [5.41, 5.74) is -0.347. The Hall–Kier alpha value is -1.19. The smallest absolute Gasteiger partial charge is 0.308 e. The second kappa shape index (κ2) is 11.2. The van der Waals surface area contributed by atoms with Crippen LogP contribution in [0.25, 0.3) is 0 Å². The van der Waals surface area contributed by atoms with E-state index in [2.05, 4.69) is 25.5 Å². The van der Waals surface area contributed by atoms with Gasteiger partial charge in [-0.25, -0.2) is 8.42 Å². The van der Waals surface area contributed by atoms with E-state index in [1.54, 1.807) is 0 Å². The van der Waals surface area contributed by atoms with Gasteiger partial charge >= 0.3 is 5.97 Å². The van der Waals surface area contributed by atoms with Crippen molar-refractivity contribution in [3.05, 3.63) is 0 Å². The Morgan fingerprint density at radius 3 is 2.38 bits per heavy atom. The minimum Gasteiger partial charge on any atom is -0.462 e. The predicted molar refractivity (Wildman–Crippen MR) is 149 cm³/mol. The molecule has 10 unspecified atom stereocenters. The topological polar surface area (TPSA) is 130 Å². The van der Waals surface area contributed by atoms with E-state index in [4.69, 9.17) is 4.74 Å². The fourth-order valence-corrected chi connectivity index (χ4v) is 10.0. The van der Waals surface area contributed by atoms with Crippen LogP contribution in [0.1, 0.15) is 98.8 Å². The Morgan fingerprint density at radius 2 is 1.74 bits per heavy atom. The van der Waals surface area contributed by atoms with E-state index in [0.29, 0.717) is 19.3 Å². The third kappa shape index (κ3) is 5.78. The Balaban J connectivity index is 1.47. The van der Waals surface area contributed by atoms with Crippen LogP contribution in [0.5, 0.6) is 0 Å². The zero-order valence-electron chi connectivity index (χ0n) is 24.7. The molecule has 8 nitrogen and oxygen atoms in total. The zero-order chi connectivity index (χ0) is 28.9. The standard InChI is InChI=1S/C30H51NO7S/c1-7-17(2)28(35)38-20-12-13-29(4)19(14-20)15-24(32)27-22-10-9-21(30(22,5)25(33)16-23(27)29)18(3)8-11-26(34)31-39(6,36)37/h17-25,27,32-33H,7-16H2,1-6H3,(H,31,34)/t17?,18?,19?,20?,21?,22?,23?,24?,25?,27?,29-,30+/m0/s1. The number of hydrogen-bond donors (Lipinski definition) is 3. The van der Waals surface area contributed by atoms with Crippen molar-refractivity contribution in [3.63, 3.8) is 0 Å². The molecule has 4 fully saturated rings. The molecule has 1 amide bonds. The SMILES string of the molecule is CCC(C)C(=O)OC1CC[C@@]2(C)C(C1)CC(O)C1C2CC(O)[C@]2(C)C(C(C)CCC(=O)NS(C)(=O)=O)CCC12. The van der Waals surface area contributed by atoms with Gasteiger partial charge in [0.15, 0.2) is 0 Å². The molecule has 0 radical (unpaired) electrons. The average molecular weight is 570 g/mol. The molecule has 9 heteroatoms. The summed E-state index contributed by atoms with van der Waals surface area (Å²) in [4.78, 5) is 24.6. The fourth-order valence-electron chi connectivity index (χ4n) is 9.49. The van der Waals surface area contributed by atoms with Gasteiger partial charge in [-0.2, -0.15) is 0 Å². The molecule has 0 aromatic heterocycles. The van der Waals surface area contributed by atoms with E-state index >= 15 is 0 Å². The second-order valence-electron chi connectivity index (χ2n) is 14.1. The minimum atomic E-state index is -3.57. The highest BCUT2D eigenvalue weighted by atomic mass is 32.2. The zero-order valence-corrected chi connectivity index (χ0v) is 25.5. The van der Waals surface area contributed by atoms with Crippen molar-refractivity contribution in [1.82, 2.24) is 4.72 Å². The summed E-state index contributed by atoms with van der Waals surface area (Å²) in [6, 6.07) is 0. The normalized spacial score (nSPS) is 43.4. The number of carbonyl (C=O) groups is 2. The number of nitrogens with one attached hydrogen (secondary N) is 1. The summed E-state index contributed by atoms with van der Waals surface area (Å²) in [7, 11) is -3.57. The molecule has 4 aliphatic carbocycles. The summed E-state index contributed by atoms with van der Waals surface area (Å²) in [6.45, 7) is 10.6. The van der Waals surface area contributed by atoms with Crippen LogP contribution in [-0.2, 0) is 24.3 Å². The molecule has 39 heavy (non-hydrogen) atoms. The van der Waals surface area contributed by atoms with Crippen LogP contribution in [0.2, 0.25) is 0 Å². The molecule has 0 aromatic rings. The van der Waals surface area contributed by atoms with Crippen molar-refractivity contribution in [2.75, 3.05) is 6.26 Å². The molecule has 3 N–H and O–H groups in total. The second-order valence-corrected chi connectivity index (χ2v) is 15.8. The van der Waals surface area contributed by atoms with Gasteiger partial charge in [-0.15, -0.1) is 0 Å². The number of aliphatic hydroxyl groups is 2. The van der Waals surface area contributed by atoms with Crippen molar-refractivity contribution >= 4 is 21.9 Å². The Labute approximate surface area is 235 Å². The lowest BCUT2D eigenvalue weighted by molar-refractivity contribution is -0.210. The van der Waals surface area contributed by atoms with Crippen LogP contribution < -0.4 is 4.72 Å². The minimum absolute atomic E-state index is 0.00107. The third-order valence-electron chi connectivity index (χ3n) is 11.9. The van der Waals surface area contributed by atoms with Gasteiger partial charge in [-0.3, -0.25) is 14.3 Å². The van der Waals surface area contributed by atoms with E-state index in [0.717, 1.165) is 44.8 Å².